The van der Waals surface area contributed by atoms with Crippen molar-refractivity contribution in [1.29, 1.82) is 0 Å². The van der Waals surface area contributed by atoms with Crippen molar-refractivity contribution in [1.82, 2.24) is 4.90 Å². The van der Waals surface area contributed by atoms with Crippen molar-refractivity contribution < 1.29 is 14.7 Å². The van der Waals surface area contributed by atoms with Crippen molar-refractivity contribution in [3.8, 4) is 0 Å². The van der Waals surface area contributed by atoms with Gasteiger partial charge in [-0.3, -0.25) is 9.59 Å². The third-order valence-electron chi connectivity index (χ3n) is 3.81. The van der Waals surface area contributed by atoms with Gasteiger partial charge in [-0.2, -0.15) is 0 Å². The van der Waals surface area contributed by atoms with E-state index < -0.39 is 11.4 Å². The Morgan fingerprint density at radius 3 is 2.85 bits per heavy atom. The number of carboxylic acids is 1. The van der Waals surface area contributed by atoms with E-state index in [4.69, 9.17) is 11.6 Å². The average Bonchev–Trinajstić information content (AvgIpc) is 2.38. The number of carboxylic acid groups (broad SMARTS) is 1. The number of carbonyl (C=O) groups is 2. The van der Waals surface area contributed by atoms with Gasteiger partial charge >= 0.3 is 5.97 Å². The number of halogens is 1. The number of carbonyl (C=O) groups excluding carboxylic acids is 1. The average molecular weight is 296 g/mol. The second-order valence-electron chi connectivity index (χ2n) is 5.59. The maximum atomic E-state index is 12.3. The topological polar surface area (TPSA) is 57.6 Å². The molecule has 1 aliphatic heterocycles. The quantitative estimate of drug-likeness (QED) is 0.932. The minimum atomic E-state index is -0.835. The molecule has 0 saturated carbocycles. The van der Waals surface area contributed by atoms with Crippen molar-refractivity contribution in [3.05, 3.63) is 34.9 Å². The number of piperidine rings is 1. The van der Waals surface area contributed by atoms with Gasteiger partial charge in [0.1, 0.15) is 0 Å². The Morgan fingerprint density at radius 1 is 1.45 bits per heavy atom. The smallest absolute Gasteiger partial charge is 0.311 e. The van der Waals surface area contributed by atoms with Gasteiger partial charge in [-0.25, -0.2) is 0 Å². The first-order valence-electron chi connectivity index (χ1n) is 6.66. The van der Waals surface area contributed by atoms with E-state index in [2.05, 4.69) is 0 Å². The molecule has 0 radical (unpaired) electrons. The van der Waals surface area contributed by atoms with Crippen molar-refractivity contribution in [3.63, 3.8) is 0 Å². The van der Waals surface area contributed by atoms with Gasteiger partial charge in [0, 0.05) is 18.1 Å². The van der Waals surface area contributed by atoms with Crippen LogP contribution in [0, 0.1) is 5.41 Å². The fourth-order valence-electron chi connectivity index (χ4n) is 2.56. The van der Waals surface area contributed by atoms with Gasteiger partial charge < -0.3 is 10.0 Å². The standard InChI is InChI=1S/C15H18ClNO3/c1-15(14(19)20)6-3-7-17(10-15)13(18)9-11-4-2-5-12(16)8-11/h2,4-5,8H,3,6-7,9-10H2,1H3,(H,19,20). The van der Waals surface area contributed by atoms with Crippen LogP contribution in [0.25, 0.3) is 0 Å². The van der Waals surface area contributed by atoms with Crippen LogP contribution >= 0.6 is 11.6 Å². The van der Waals surface area contributed by atoms with Crippen LogP contribution in [-0.4, -0.2) is 35.0 Å². The zero-order valence-electron chi connectivity index (χ0n) is 11.4. The maximum Gasteiger partial charge on any atom is 0.311 e. The van der Waals surface area contributed by atoms with Crippen LogP contribution in [-0.2, 0) is 16.0 Å². The van der Waals surface area contributed by atoms with E-state index in [1.165, 1.54) is 0 Å². The number of rotatable bonds is 3. The lowest BCUT2D eigenvalue weighted by Crippen LogP contribution is -2.48. The third-order valence-corrected chi connectivity index (χ3v) is 4.04. The molecule has 1 aromatic rings. The molecule has 108 valence electrons. The molecule has 1 aliphatic rings. The number of hydrogen-bond acceptors (Lipinski definition) is 2. The minimum Gasteiger partial charge on any atom is -0.481 e. The summed E-state index contributed by atoms with van der Waals surface area (Å²) in [5.74, 6) is -0.878. The molecule has 2 rings (SSSR count). The number of amides is 1. The van der Waals surface area contributed by atoms with Crippen molar-refractivity contribution in [2.24, 2.45) is 5.41 Å². The van der Waals surface area contributed by atoms with Crippen LogP contribution in [0.15, 0.2) is 24.3 Å². The second kappa shape index (κ2) is 5.83. The Hall–Kier alpha value is -1.55. The molecule has 1 fully saturated rings. The summed E-state index contributed by atoms with van der Waals surface area (Å²) >= 11 is 5.90. The SMILES string of the molecule is CC1(C(=O)O)CCCN(C(=O)Cc2cccc(Cl)c2)C1. The van der Waals surface area contributed by atoms with Gasteiger partial charge in [-0.15, -0.1) is 0 Å². The summed E-state index contributed by atoms with van der Waals surface area (Å²) in [6.45, 7) is 2.61. The van der Waals surface area contributed by atoms with Crippen molar-refractivity contribution in [2.45, 2.75) is 26.2 Å². The fourth-order valence-corrected chi connectivity index (χ4v) is 2.77. The van der Waals surface area contributed by atoms with Gasteiger partial charge in [-0.1, -0.05) is 23.7 Å². The molecule has 20 heavy (non-hydrogen) atoms. The van der Waals surface area contributed by atoms with Crippen LogP contribution in [0.4, 0.5) is 0 Å². The lowest BCUT2D eigenvalue weighted by atomic mass is 9.82. The number of likely N-dealkylation sites (tertiary alicyclic amines) is 1. The summed E-state index contributed by atoms with van der Waals surface area (Å²) in [5, 5.41) is 9.87. The van der Waals surface area contributed by atoms with E-state index in [-0.39, 0.29) is 18.9 Å². The van der Waals surface area contributed by atoms with E-state index in [9.17, 15) is 14.7 Å². The largest absolute Gasteiger partial charge is 0.481 e. The zero-order chi connectivity index (χ0) is 14.8. The minimum absolute atomic E-state index is 0.0422. The molecule has 0 bridgehead atoms. The summed E-state index contributed by atoms with van der Waals surface area (Å²) in [6.07, 6.45) is 1.60. The lowest BCUT2D eigenvalue weighted by Gasteiger charge is -2.37. The van der Waals surface area contributed by atoms with Crippen LogP contribution in [0.1, 0.15) is 25.3 Å². The molecule has 4 nitrogen and oxygen atoms in total. The van der Waals surface area contributed by atoms with E-state index in [0.717, 1.165) is 12.0 Å². The molecule has 1 saturated heterocycles. The number of nitrogens with zero attached hydrogens (tertiary/aromatic N) is 1. The maximum absolute atomic E-state index is 12.3. The predicted octanol–water partition coefficient (Wildman–Crippen LogP) is 2.60. The molecule has 0 aromatic heterocycles. The number of hydrogen-bond donors (Lipinski definition) is 1. The molecule has 1 heterocycles. The summed E-state index contributed by atoms with van der Waals surface area (Å²) in [5.41, 5.74) is 0.0208. The zero-order valence-corrected chi connectivity index (χ0v) is 12.2. The molecule has 5 heteroatoms. The van der Waals surface area contributed by atoms with Gasteiger partial charge in [0.15, 0.2) is 0 Å². The van der Waals surface area contributed by atoms with E-state index in [1.807, 2.05) is 12.1 Å². The molecular formula is C15H18ClNO3. The summed E-state index contributed by atoms with van der Waals surface area (Å²) in [7, 11) is 0. The van der Waals surface area contributed by atoms with E-state index >= 15 is 0 Å². The predicted molar refractivity (Wildman–Crippen MR) is 76.7 cm³/mol. The Bertz CT molecular complexity index is 532. The van der Waals surface area contributed by atoms with E-state index in [1.54, 1.807) is 24.0 Å². The highest BCUT2D eigenvalue weighted by Gasteiger charge is 2.39. The van der Waals surface area contributed by atoms with Crippen molar-refractivity contribution >= 4 is 23.5 Å². The summed E-state index contributed by atoms with van der Waals surface area (Å²) in [6, 6.07) is 7.18. The van der Waals surface area contributed by atoms with E-state index in [0.29, 0.717) is 18.0 Å². The van der Waals surface area contributed by atoms with Crippen LogP contribution < -0.4 is 0 Å². The van der Waals surface area contributed by atoms with Crippen LogP contribution in [0.3, 0.4) is 0 Å². The molecular weight excluding hydrogens is 278 g/mol. The Kier molecular flexibility index (Phi) is 4.33. The Morgan fingerprint density at radius 2 is 2.20 bits per heavy atom. The van der Waals surface area contributed by atoms with Gasteiger partial charge in [0.2, 0.25) is 5.91 Å². The Labute approximate surface area is 123 Å². The normalized spacial score (nSPS) is 22.6. The molecule has 1 aromatic carbocycles. The second-order valence-corrected chi connectivity index (χ2v) is 6.03. The fraction of sp³-hybridized carbons (Fsp3) is 0.467. The highest BCUT2D eigenvalue weighted by Crippen LogP contribution is 2.30. The first-order valence-corrected chi connectivity index (χ1v) is 7.04. The van der Waals surface area contributed by atoms with Crippen molar-refractivity contribution in [2.75, 3.05) is 13.1 Å². The molecule has 0 aliphatic carbocycles. The molecule has 1 atom stereocenters. The highest BCUT2D eigenvalue weighted by atomic mass is 35.5. The lowest BCUT2D eigenvalue weighted by molar-refractivity contribution is -0.153. The first kappa shape index (κ1) is 14.9. The summed E-state index contributed by atoms with van der Waals surface area (Å²) < 4.78 is 0. The number of aliphatic carboxylic acids is 1. The monoisotopic (exact) mass is 295 g/mol. The molecule has 1 unspecified atom stereocenters. The van der Waals surface area contributed by atoms with Gasteiger partial charge in [0.05, 0.1) is 11.8 Å². The molecule has 1 amide bonds. The van der Waals surface area contributed by atoms with Crippen LogP contribution in [0.2, 0.25) is 5.02 Å². The molecule has 0 spiro atoms. The summed E-state index contributed by atoms with van der Waals surface area (Å²) in [4.78, 5) is 25.2. The van der Waals surface area contributed by atoms with Gasteiger partial charge in [0.25, 0.3) is 0 Å². The molecule has 1 N–H and O–H groups in total. The number of benzene rings is 1. The van der Waals surface area contributed by atoms with Crippen LogP contribution in [0.5, 0.6) is 0 Å². The Balaban J connectivity index is 2.04. The van der Waals surface area contributed by atoms with Gasteiger partial charge in [-0.05, 0) is 37.5 Å². The highest BCUT2D eigenvalue weighted by molar-refractivity contribution is 6.30. The third kappa shape index (κ3) is 3.31. The first-order chi connectivity index (χ1) is 9.40.